The lowest BCUT2D eigenvalue weighted by Crippen LogP contribution is -2.17. The summed E-state index contributed by atoms with van der Waals surface area (Å²) in [7, 11) is 0. The standard InChI is InChI=1S/C24H31N3O8P2S2/c1-5-30-36(38,31-6-2)34-19-15-13-18(14-16-19)29-17-22(35-37(39,32-7-3)33-8-4)26-27-23-20-11-9-10-12-21(20)25-24(23)28/h9-16H,5-8,17H2,1-4H3,(H,25,27,28)/b26-22+. The van der Waals surface area contributed by atoms with E-state index in [-0.39, 0.29) is 37.3 Å². The van der Waals surface area contributed by atoms with E-state index >= 15 is 0 Å². The molecule has 0 bridgehead atoms. The molecule has 0 saturated heterocycles. The summed E-state index contributed by atoms with van der Waals surface area (Å²) in [6, 6.07) is 13.9. The Hall–Kier alpha value is -2.21. The zero-order valence-corrected chi connectivity index (χ0v) is 25.4. The van der Waals surface area contributed by atoms with Crippen molar-refractivity contribution >= 4 is 60.3 Å². The van der Waals surface area contributed by atoms with Crippen LogP contribution in [0.1, 0.15) is 33.3 Å². The number of hydrogen-bond donors (Lipinski definition) is 1. The van der Waals surface area contributed by atoms with Gasteiger partial charge in [0.25, 0.3) is 11.8 Å². The van der Waals surface area contributed by atoms with Crippen molar-refractivity contribution in [3.05, 3.63) is 54.1 Å². The number of carbonyl (C=O) groups excluding carboxylic acids is 1. The van der Waals surface area contributed by atoms with Gasteiger partial charge in [-0.25, -0.2) is 0 Å². The Labute approximate surface area is 238 Å². The van der Waals surface area contributed by atoms with Gasteiger partial charge in [-0.2, -0.15) is 0 Å². The molecule has 212 valence electrons. The van der Waals surface area contributed by atoms with Crippen molar-refractivity contribution in [3.63, 3.8) is 0 Å². The molecule has 2 aromatic rings. The smallest absolute Gasteiger partial charge is 0.381 e. The van der Waals surface area contributed by atoms with Gasteiger partial charge in [0.15, 0.2) is 12.3 Å². The van der Waals surface area contributed by atoms with Crippen LogP contribution in [-0.4, -0.2) is 50.6 Å². The number of benzene rings is 2. The molecule has 0 unspecified atom stereocenters. The second kappa shape index (κ2) is 15.0. The molecule has 3 rings (SSSR count). The van der Waals surface area contributed by atoms with Gasteiger partial charge in [0, 0.05) is 29.2 Å². The van der Waals surface area contributed by atoms with E-state index in [0.29, 0.717) is 36.0 Å². The van der Waals surface area contributed by atoms with Gasteiger partial charge >= 0.3 is 13.4 Å². The van der Waals surface area contributed by atoms with Crippen LogP contribution in [0.2, 0.25) is 0 Å². The van der Waals surface area contributed by atoms with Crippen LogP contribution in [0.3, 0.4) is 0 Å². The zero-order chi connectivity index (χ0) is 28.3. The van der Waals surface area contributed by atoms with E-state index in [1.54, 1.807) is 56.3 Å². The van der Waals surface area contributed by atoms with E-state index in [1.165, 1.54) is 0 Å². The van der Waals surface area contributed by atoms with Crippen LogP contribution in [0.5, 0.6) is 11.5 Å². The highest BCUT2D eigenvalue weighted by Crippen LogP contribution is 2.50. The molecule has 0 saturated carbocycles. The maximum atomic E-state index is 12.4. The number of rotatable bonds is 15. The highest BCUT2D eigenvalue weighted by atomic mass is 32.5. The number of para-hydroxylation sites is 1. The monoisotopic (exact) mass is 615 g/mol. The third-order valence-electron chi connectivity index (χ3n) is 4.68. The predicted octanol–water partition coefficient (Wildman–Crippen LogP) is 5.81. The van der Waals surface area contributed by atoms with E-state index in [2.05, 4.69) is 15.5 Å². The van der Waals surface area contributed by atoms with Crippen molar-refractivity contribution in [2.75, 3.05) is 38.4 Å². The molecule has 2 aromatic carbocycles. The number of anilines is 1. The Morgan fingerprint density at radius 1 is 0.821 bits per heavy atom. The van der Waals surface area contributed by atoms with E-state index in [1.807, 2.05) is 19.9 Å². The summed E-state index contributed by atoms with van der Waals surface area (Å²) in [6.45, 7) is 2.21. The molecule has 1 heterocycles. The summed E-state index contributed by atoms with van der Waals surface area (Å²) >= 11 is 10.9. The Morgan fingerprint density at radius 3 is 2.00 bits per heavy atom. The van der Waals surface area contributed by atoms with Crippen molar-refractivity contribution in [3.8, 4) is 11.5 Å². The molecule has 0 spiro atoms. The highest BCUT2D eigenvalue weighted by Gasteiger charge is 2.27. The molecule has 0 atom stereocenters. The van der Waals surface area contributed by atoms with E-state index in [4.69, 9.17) is 55.5 Å². The SMILES string of the molecule is CCOP(=S)(OCC)O/C(COc1ccc(OP(=S)(OCC)OCC)cc1)=N/N=C1\C(=O)Nc2ccccc21. The van der Waals surface area contributed by atoms with E-state index < -0.39 is 13.4 Å². The Balaban J connectivity index is 1.80. The molecule has 1 aliphatic heterocycles. The fourth-order valence-electron chi connectivity index (χ4n) is 3.19. The first-order valence-corrected chi connectivity index (χ1v) is 17.3. The lowest BCUT2D eigenvalue weighted by Gasteiger charge is -2.22. The Morgan fingerprint density at radius 2 is 1.38 bits per heavy atom. The predicted molar refractivity (Wildman–Crippen MR) is 158 cm³/mol. The molecule has 1 aliphatic rings. The molecule has 39 heavy (non-hydrogen) atoms. The van der Waals surface area contributed by atoms with Gasteiger partial charge in [0.1, 0.15) is 11.5 Å². The van der Waals surface area contributed by atoms with Crippen molar-refractivity contribution in [1.82, 2.24) is 0 Å². The molecular formula is C24H31N3O8P2S2. The first kappa shape index (κ1) is 31.3. The number of fused-ring (bicyclic) bond motifs is 1. The summed E-state index contributed by atoms with van der Waals surface area (Å²) in [5.74, 6) is 0.536. The summed E-state index contributed by atoms with van der Waals surface area (Å²) in [5.41, 5.74) is 1.40. The molecule has 0 fully saturated rings. The molecular weight excluding hydrogens is 584 g/mol. The zero-order valence-electron chi connectivity index (χ0n) is 22.0. The van der Waals surface area contributed by atoms with Crippen LogP contribution in [0.4, 0.5) is 5.69 Å². The number of amides is 1. The van der Waals surface area contributed by atoms with Gasteiger partial charge in [-0.3, -0.25) is 22.9 Å². The summed E-state index contributed by atoms with van der Waals surface area (Å²) in [6.07, 6.45) is 0. The second-order valence-corrected chi connectivity index (χ2v) is 13.3. The number of nitrogens with one attached hydrogen (secondary N) is 1. The summed E-state index contributed by atoms with van der Waals surface area (Å²) in [4.78, 5) is 12.4. The number of nitrogens with zero attached hydrogens (tertiary/aromatic N) is 2. The molecule has 0 aromatic heterocycles. The third-order valence-corrected chi connectivity index (χ3v) is 9.55. The van der Waals surface area contributed by atoms with Crippen molar-refractivity contribution < 1.29 is 36.7 Å². The minimum absolute atomic E-state index is 0.0200. The average molecular weight is 616 g/mol. The van der Waals surface area contributed by atoms with Crippen LogP contribution in [0, 0.1) is 0 Å². The van der Waals surface area contributed by atoms with E-state index in [0.717, 1.165) is 0 Å². The van der Waals surface area contributed by atoms with Crippen LogP contribution in [-0.2, 0) is 51.0 Å². The largest absolute Gasteiger partial charge is 0.484 e. The lowest BCUT2D eigenvalue weighted by atomic mass is 10.1. The normalized spacial score (nSPS) is 14.7. The maximum Gasteiger partial charge on any atom is 0.381 e. The molecule has 11 nitrogen and oxygen atoms in total. The summed E-state index contributed by atoms with van der Waals surface area (Å²) in [5, 5.41) is 11.0. The Bertz CT molecular complexity index is 1270. The first-order chi connectivity index (χ1) is 18.7. The minimum Gasteiger partial charge on any atom is -0.484 e. The summed E-state index contributed by atoms with van der Waals surface area (Å²) < 4.78 is 39.7. The molecule has 1 N–H and O–H groups in total. The topological polar surface area (TPSA) is 118 Å². The molecule has 0 aliphatic carbocycles. The van der Waals surface area contributed by atoms with Crippen LogP contribution >= 0.6 is 13.4 Å². The number of carbonyl (C=O) groups is 1. The maximum absolute atomic E-state index is 12.4. The van der Waals surface area contributed by atoms with Crippen LogP contribution in [0.15, 0.2) is 58.7 Å². The van der Waals surface area contributed by atoms with Gasteiger partial charge in [0.05, 0.1) is 32.1 Å². The average Bonchev–Trinajstić information content (AvgIpc) is 3.21. The number of ether oxygens (including phenoxy) is 1. The molecule has 1 amide bonds. The van der Waals surface area contributed by atoms with Gasteiger partial charge in [-0.1, -0.05) is 18.2 Å². The van der Waals surface area contributed by atoms with Gasteiger partial charge < -0.3 is 19.1 Å². The number of hydrogen-bond acceptors (Lipinski definition) is 12. The van der Waals surface area contributed by atoms with Gasteiger partial charge in [-0.05, 0) is 58.0 Å². The second-order valence-electron chi connectivity index (χ2n) is 7.45. The lowest BCUT2D eigenvalue weighted by molar-refractivity contribution is -0.110. The van der Waals surface area contributed by atoms with Gasteiger partial charge in [-0.15, -0.1) is 10.2 Å². The van der Waals surface area contributed by atoms with Crippen LogP contribution < -0.4 is 14.6 Å². The minimum atomic E-state index is -3.19. The van der Waals surface area contributed by atoms with Crippen molar-refractivity contribution in [2.24, 2.45) is 10.2 Å². The fourth-order valence-corrected chi connectivity index (χ4v) is 7.33. The fraction of sp³-hybridized carbons (Fsp3) is 0.375. The van der Waals surface area contributed by atoms with Crippen molar-refractivity contribution in [2.45, 2.75) is 27.7 Å². The van der Waals surface area contributed by atoms with Gasteiger partial charge in [0.2, 0.25) is 0 Å². The molecule has 0 radical (unpaired) electrons. The first-order valence-electron chi connectivity index (χ1n) is 12.2. The van der Waals surface area contributed by atoms with Crippen LogP contribution in [0.25, 0.3) is 0 Å². The highest BCUT2D eigenvalue weighted by molar-refractivity contribution is 8.08. The molecule has 15 heteroatoms. The quantitative estimate of drug-likeness (QED) is 0.114. The van der Waals surface area contributed by atoms with Crippen molar-refractivity contribution in [1.29, 1.82) is 0 Å². The Kier molecular flexibility index (Phi) is 12.0. The third kappa shape index (κ3) is 9.16. The van der Waals surface area contributed by atoms with E-state index in [9.17, 15) is 4.79 Å².